The number of para-hydroxylation sites is 1. The Morgan fingerprint density at radius 1 is 1.29 bits per heavy atom. The van der Waals surface area contributed by atoms with Crippen molar-refractivity contribution in [3.63, 3.8) is 0 Å². The van der Waals surface area contributed by atoms with Gasteiger partial charge in [-0.3, -0.25) is 0 Å². The van der Waals surface area contributed by atoms with Gasteiger partial charge >= 0.3 is 0 Å². The first-order valence-electron chi connectivity index (χ1n) is 6.58. The first-order valence-corrected chi connectivity index (χ1v) is 8.50. The van der Waals surface area contributed by atoms with Crippen molar-refractivity contribution in [2.75, 3.05) is 6.61 Å². The molecule has 5 heteroatoms. The minimum absolute atomic E-state index is 0.0860. The lowest BCUT2D eigenvalue weighted by molar-refractivity contribution is 0.147. The molecule has 1 heterocycles. The summed E-state index contributed by atoms with van der Waals surface area (Å²) >= 11 is 6.95. The smallest absolute Gasteiger partial charge is 0.137 e. The largest absolute Gasteiger partial charge is 0.488 e. The van der Waals surface area contributed by atoms with Gasteiger partial charge in [-0.1, -0.05) is 28.1 Å². The highest BCUT2D eigenvalue weighted by Crippen LogP contribution is 2.33. The third-order valence-corrected chi connectivity index (χ3v) is 4.60. The molecule has 1 atom stereocenters. The second-order valence-electron chi connectivity index (χ2n) is 4.87. The van der Waals surface area contributed by atoms with E-state index in [0.29, 0.717) is 13.0 Å². The standard InChI is InChI=1S/C16H13Br2FO2/c17-8-10-2-1-3-14(18)16(10)20-9-13-7-11-6-12(19)4-5-15(11)21-13/h1-6,13H,7-9H2. The van der Waals surface area contributed by atoms with Crippen molar-refractivity contribution in [2.24, 2.45) is 0 Å². The van der Waals surface area contributed by atoms with Crippen LogP contribution in [0.15, 0.2) is 40.9 Å². The number of rotatable bonds is 4. The lowest BCUT2D eigenvalue weighted by atomic mass is 10.1. The Labute approximate surface area is 139 Å². The van der Waals surface area contributed by atoms with Crippen LogP contribution in [-0.4, -0.2) is 12.7 Å². The summed E-state index contributed by atoms with van der Waals surface area (Å²) in [6.45, 7) is 0.429. The molecule has 0 saturated heterocycles. The average molecular weight is 416 g/mol. The number of hydrogen-bond acceptors (Lipinski definition) is 2. The van der Waals surface area contributed by atoms with Crippen LogP contribution in [-0.2, 0) is 11.8 Å². The molecule has 0 N–H and O–H groups in total. The average Bonchev–Trinajstić information content (AvgIpc) is 2.87. The third-order valence-electron chi connectivity index (χ3n) is 3.37. The fraction of sp³-hybridized carbons (Fsp3) is 0.250. The van der Waals surface area contributed by atoms with E-state index in [9.17, 15) is 4.39 Å². The summed E-state index contributed by atoms with van der Waals surface area (Å²) in [5.74, 6) is 1.34. The molecule has 2 aromatic rings. The van der Waals surface area contributed by atoms with E-state index in [2.05, 4.69) is 31.9 Å². The van der Waals surface area contributed by atoms with Gasteiger partial charge in [0.2, 0.25) is 0 Å². The number of ether oxygens (including phenoxy) is 2. The van der Waals surface area contributed by atoms with E-state index in [1.165, 1.54) is 12.1 Å². The van der Waals surface area contributed by atoms with E-state index in [0.717, 1.165) is 32.4 Å². The van der Waals surface area contributed by atoms with Crippen LogP contribution in [0, 0.1) is 5.82 Å². The molecule has 1 aliphatic rings. The summed E-state index contributed by atoms with van der Waals surface area (Å²) in [6, 6.07) is 10.5. The maximum atomic E-state index is 13.2. The molecule has 21 heavy (non-hydrogen) atoms. The summed E-state index contributed by atoms with van der Waals surface area (Å²) < 4.78 is 25.8. The normalized spacial score (nSPS) is 16.4. The molecule has 0 fully saturated rings. The van der Waals surface area contributed by atoms with Gasteiger partial charge in [-0.2, -0.15) is 0 Å². The zero-order valence-electron chi connectivity index (χ0n) is 11.1. The van der Waals surface area contributed by atoms with Gasteiger partial charge in [0, 0.05) is 22.9 Å². The maximum absolute atomic E-state index is 13.2. The van der Waals surface area contributed by atoms with Crippen LogP contribution >= 0.6 is 31.9 Å². The minimum Gasteiger partial charge on any atom is -0.488 e. The molecule has 0 amide bonds. The molecular formula is C16H13Br2FO2. The monoisotopic (exact) mass is 414 g/mol. The highest BCUT2D eigenvalue weighted by atomic mass is 79.9. The SMILES string of the molecule is Fc1ccc2c(c1)CC(COc1c(Br)cccc1CBr)O2. The van der Waals surface area contributed by atoms with Crippen LogP contribution in [0.5, 0.6) is 11.5 Å². The number of alkyl halides is 1. The quantitative estimate of drug-likeness (QED) is 0.663. The van der Waals surface area contributed by atoms with Crippen molar-refractivity contribution >= 4 is 31.9 Å². The molecule has 3 rings (SSSR count). The Kier molecular flexibility index (Phi) is 4.50. The summed E-state index contributed by atoms with van der Waals surface area (Å²) in [6.07, 6.45) is 0.582. The molecule has 0 bridgehead atoms. The number of halogens is 3. The first-order chi connectivity index (χ1) is 10.2. The Balaban J connectivity index is 1.68. The van der Waals surface area contributed by atoms with Crippen LogP contribution in [0.25, 0.3) is 0 Å². The predicted octanol–water partition coefficient (Wildman–Crippen LogP) is 4.87. The van der Waals surface area contributed by atoms with Crippen molar-refractivity contribution in [1.29, 1.82) is 0 Å². The zero-order chi connectivity index (χ0) is 14.8. The Hall–Kier alpha value is -1.07. The van der Waals surface area contributed by atoms with Gasteiger partial charge in [-0.05, 0) is 40.2 Å². The van der Waals surface area contributed by atoms with Gasteiger partial charge in [0.1, 0.15) is 30.0 Å². The highest BCUT2D eigenvalue weighted by Gasteiger charge is 2.24. The predicted molar refractivity (Wildman–Crippen MR) is 86.8 cm³/mol. The van der Waals surface area contributed by atoms with Crippen LogP contribution in [0.3, 0.4) is 0 Å². The van der Waals surface area contributed by atoms with E-state index in [1.807, 2.05) is 18.2 Å². The van der Waals surface area contributed by atoms with E-state index in [1.54, 1.807) is 6.07 Å². The maximum Gasteiger partial charge on any atom is 0.137 e. The molecule has 0 saturated carbocycles. The Morgan fingerprint density at radius 2 is 2.14 bits per heavy atom. The van der Waals surface area contributed by atoms with Crippen LogP contribution in [0.1, 0.15) is 11.1 Å². The van der Waals surface area contributed by atoms with Gasteiger partial charge in [-0.15, -0.1) is 0 Å². The van der Waals surface area contributed by atoms with Gasteiger partial charge in [0.25, 0.3) is 0 Å². The van der Waals surface area contributed by atoms with Gasteiger partial charge in [0.15, 0.2) is 0 Å². The van der Waals surface area contributed by atoms with Crippen LogP contribution in [0.4, 0.5) is 4.39 Å². The van der Waals surface area contributed by atoms with Crippen molar-refractivity contribution in [3.05, 3.63) is 57.8 Å². The first kappa shape index (κ1) is 14.9. The molecule has 2 aromatic carbocycles. The molecular weight excluding hydrogens is 403 g/mol. The van der Waals surface area contributed by atoms with E-state index in [4.69, 9.17) is 9.47 Å². The van der Waals surface area contributed by atoms with E-state index >= 15 is 0 Å². The molecule has 0 aromatic heterocycles. The Bertz CT molecular complexity index is 661. The topological polar surface area (TPSA) is 18.5 Å². The van der Waals surface area contributed by atoms with Crippen molar-refractivity contribution < 1.29 is 13.9 Å². The molecule has 0 radical (unpaired) electrons. The number of benzene rings is 2. The third kappa shape index (κ3) is 3.24. The summed E-state index contributed by atoms with van der Waals surface area (Å²) in [5.41, 5.74) is 1.97. The summed E-state index contributed by atoms with van der Waals surface area (Å²) in [4.78, 5) is 0. The minimum atomic E-state index is -0.230. The van der Waals surface area contributed by atoms with Crippen molar-refractivity contribution in [2.45, 2.75) is 17.9 Å². The molecule has 1 unspecified atom stereocenters. The number of fused-ring (bicyclic) bond motifs is 1. The molecule has 110 valence electrons. The second-order valence-corrected chi connectivity index (χ2v) is 6.28. The highest BCUT2D eigenvalue weighted by molar-refractivity contribution is 9.10. The van der Waals surface area contributed by atoms with Gasteiger partial charge in [-0.25, -0.2) is 4.39 Å². The van der Waals surface area contributed by atoms with Crippen molar-refractivity contribution in [1.82, 2.24) is 0 Å². The lowest BCUT2D eigenvalue weighted by Gasteiger charge is -2.15. The molecule has 0 aliphatic carbocycles. The molecule has 0 spiro atoms. The molecule has 1 aliphatic heterocycles. The van der Waals surface area contributed by atoms with E-state index < -0.39 is 0 Å². The van der Waals surface area contributed by atoms with Gasteiger partial charge < -0.3 is 9.47 Å². The zero-order valence-corrected chi connectivity index (χ0v) is 14.3. The van der Waals surface area contributed by atoms with E-state index in [-0.39, 0.29) is 11.9 Å². The summed E-state index contributed by atoms with van der Waals surface area (Å²) in [5, 5.41) is 0.721. The Morgan fingerprint density at radius 3 is 2.95 bits per heavy atom. The molecule has 2 nitrogen and oxygen atoms in total. The second kappa shape index (κ2) is 6.36. The lowest BCUT2D eigenvalue weighted by Crippen LogP contribution is -2.22. The van der Waals surface area contributed by atoms with Crippen LogP contribution < -0.4 is 9.47 Å². The number of hydrogen-bond donors (Lipinski definition) is 0. The fourth-order valence-electron chi connectivity index (χ4n) is 2.38. The van der Waals surface area contributed by atoms with Crippen LogP contribution in [0.2, 0.25) is 0 Å². The fourth-order valence-corrected chi connectivity index (χ4v) is 3.34. The van der Waals surface area contributed by atoms with Crippen molar-refractivity contribution in [3.8, 4) is 11.5 Å². The summed E-state index contributed by atoms with van der Waals surface area (Å²) in [7, 11) is 0. The van der Waals surface area contributed by atoms with Gasteiger partial charge in [0.05, 0.1) is 4.47 Å².